The molecule has 3 atom stereocenters. The van der Waals surface area contributed by atoms with E-state index >= 15 is 0 Å². The number of amides is 2. The molecule has 2 aromatic rings. The van der Waals surface area contributed by atoms with Crippen LogP contribution in [0.1, 0.15) is 30.0 Å². The fourth-order valence-corrected chi connectivity index (χ4v) is 4.16. The number of hydrogen-bond donors (Lipinski definition) is 1. The topological polar surface area (TPSA) is 49.4 Å². The summed E-state index contributed by atoms with van der Waals surface area (Å²) in [7, 11) is 0. The van der Waals surface area contributed by atoms with E-state index in [4.69, 9.17) is 11.6 Å². The van der Waals surface area contributed by atoms with Gasteiger partial charge in [0.2, 0.25) is 11.8 Å². The fraction of sp³-hybridized carbons (Fsp3) is 0.273. The Balaban J connectivity index is 1.59. The number of carbonyl (C=O) groups is 2. The number of nitrogens with one attached hydrogen (secondary N) is 1. The van der Waals surface area contributed by atoms with Gasteiger partial charge in [0.25, 0.3) is 0 Å². The first-order chi connectivity index (χ1) is 13.1. The van der Waals surface area contributed by atoms with Crippen LogP contribution in [0.15, 0.2) is 66.7 Å². The molecule has 1 heterocycles. The van der Waals surface area contributed by atoms with Crippen LogP contribution >= 0.6 is 11.6 Å². The number of fused-ring (bicyclic) bond motifs is 1. The maximum atomic E-state index is 13.1. The summed E-state index contributed by atoms with van der Waals surface area (Å²) in [5.74, 6) is -0.134. The molecular formula is C22H21ClN2O2. The number of likely N-dealkylation sites (tertiary alicyclic amines) is 1. The van der Waals surface area contributed by atoms with Crippen molar-refractivity contribution in [2.75, 3.05) is 0 Å². The lowest BCUT2D eigenvalue weighted by Gasteiger charge is -2.51. The maximum absolute atomic E-state index is 13.1. The maximum Gasteiger partial charge on any atom is 0.247 e. The van der Waals surface area contributed by atoms with E-state index in [9.17, 15) is 9.59 Å². The molecule has 4 nitrogen and oxygen atoms in total. The average molecular weight is 381 g/mol. The number of allylic oxidation sites excluding steroid dienone is 1. The second-order valence-electron chi connectivity index (χ2n) is 7.02. The number of hydrogen-bond acceptors (Lipinski definition) is 2. The molecule has 0 radical (unpaired) electrons. The van der Waals surface area contributed by atoms with Crippen LogP contribution < -0.4 is 5.32 Å². The molecule has 1 saturated heterocycles. The minimum atomic E-state index is -0.660. The van der Waals surface area contributed by atoms with E-state index in [2.05, 4.69) is 17.5 Å². The lowest BCUT2D eigenvalue weighted by molar-refractivity contribution is -0.165. The molecule has 1 N–H and O–H groups in total. The lowest BCUT2D eigenvalue weighted by atomic mass is 9.77. The van der Waals surface area contributed by atoms with E-state index < -0.39 is 6.04 Å². The van der Waals surface area contributed by atoms with Gasteiger partial charge in [-0.25, -0.2) is 0 Å². The Kier molecular flexibility index (Phi) is 4.99. The summed E-state index contributed by atoms with van der Waals surface area (Å²) in [4.78, 5) is 27.6. The monoisotopic (exact) mass is 380 g/mol. The van der Waals surface area contributed by atoms with E-state index in [0.717, 1.165) is 24.0 Å². The molecule has 4 rings (SSSR count). The number of rotatable bonds is 5. The highest BCUT2D eigenvalue weighted by atomic mass is 35.5. The summed E-state index contributed by atoms with van der Waals surface area (Å²) in [5.41, 5.74) is 1.76. The Bertz CT molecular complexity index is 881. The largest absolute Gasteiger partial charge is 0.350 e. The Hall–Kier alpha value is -2.59. The minimum absolute atomic E-state index is 0.00129. The highest BCUT2D eigenvalue weighted by Crippen LogP contribution is 2.41. The number of carbonyl (C=O) groups excluding carboxylic acids is 2. The van der Waals surface area contributed by atoms with E-state index in [0.29, 0.717) is 11.6 Å². The number of nitrogens with zero attached hydrogens (tertiary/aromatic N) is 1. The third kappa shape index (κ3) is 3.50. The molecule has 2 aliphatic rings. The molecule has 1 aliphatic carbocycles. The van der Waals surface area contributed by atoms with Crippen LogP contribution in [0.4, 0.5) is 0 Å². The standard InChI is InChI=1S/C22H21ClN2O2/c23-17-10-6-9-16(13-17)20(21(26)24-14-15-7-2-1-3-8-15)25-19-12-5-4-11-18(19)22(25)27/h1-10,13,18-20H,11-12,14H2,(H,24,26)/t18-,19+,20?/m1/s1. The molecule has 2 aromatic carbocycles. The van der Waals surface area contributed by atoms with Gasteiger partial charge in [-0.2, -0.15) is 0 Å². The molecule has 0 spiro atoms. The smallest absolute Gasteiger partial charge is 0.247 e. The third-order valence-electron chi connectivity index (χ3n) is 5.33. The van der Waals surface area contributed by atoms with Crippen molar-refractivity contribution in [3.63, 3.8) is 0 Å². The molecule has 2 amide bonds. The van der Waals surface area contributed by atoms with E-state index in [-0.39, 0.29) is 23.8 Å². The van der Waals surface area contributed by atoms with Crippen molar-refractivity contribution in [3.05, 3.63) is 82.9 Å². The normalized spacial score (nSPS) is 22.0. The number of benzene rings is 2. The Morgan fingerprint density at radius 1 is 1.11 bits per heavy atom. The summed E-state index contributed by atoms with van der Waals surface area (Å²) in [6.07, 6.45) is 5.70. The molecule has 138 valence electrons. The van der Waals surface area contributed by atoms with Crippen molar-refractivity contribution in [1.29, 1.82) is 0 Å². The van der Waals surface area contributed by atoms with Crippen molar-refractivity contribution >= 4 is 23.4 Å². The first-order valence-corrected chi connectivity index (χ1v) is 9.57. The molecule has 27 heavy (non-hydrogen) atoms. The predicted octanol–water partition coefficient (Wildman–Crippen LogP) is 3.87. The molecule has 1 unspecified atom stereocenters. The lowest BCUT2D eigenvalue weighted by Crippen LogP contribution is -2.64. The highest BCUT2D eigenvalue weighted by molar-refractivity contribution is 6.30. The van der Waals surface area contributed by atoms with Crippen LogP contribution in [-0.2, 0) is 16.1 Å². The molecular weight excluding hydrogens is 360 g/mol. The molecule has 0 saturated carbocycles. The van der Waals surface area contributed by atoms with Gasteiger partial charge >= 0.3 is 0 Å². The van der Waals surface area contributed by atoms with Crippen molar-refractivity contribution < 1.29 is 9.59 Å². The van der Waals surface area contributed by atoms with Crippen LogP contribution in [0.3, 0.4) is 0 Å². The SMILES string of the molecule is O=C(NCc1ccccc1)C(c1cccc(Cl)c1)N1C(=O)[C@@H]2CC=CC[C@@H]21. The van der Waals surface area contributed by atoms with Crippen molar-refractivity contribution in [2.24, 2.45) is 5.92 Å². The van der Waals surface area contributed by atoms with Crippen LogP contribution in [-0.4, -0.2) is 22.8 Å². The Morgan fingerprint density at radius 2 is 1.89 bits per heavy atom. The van der Waals surface area contributed by atoms with Gasteiger partial charge in [0.05, 0.1) is 5.92 Å². The number of halogens is 1. The van der Waals surface area contributed by atoms with Gasteiger partial charge in [-0.05, 0) is 36.1 Å². The zero-order chi connectivity index (χ0) is 18.8. The second kappa shape index (κ2) is 7.57. The van der Waals surface area contributed by atoms with Crippen molar-refractivity contribution in [2.45, 2.75) is 31.5 Å². The summed E-state index contributed by atoms with van der Waals surface area (Å²) in [5, 5.41) is 3.55. The summed E-state index contributed by atoms with van der Waals surface area (Å²) >= 11 is 6.16. The third-order valence-corrected chi connectivity index (χ3v) is 5.56. The summed E-state index contributed by atoms with van der Waals surface area (Å²) in [6, 6.07) is 16.4. The van der Waals surface area contributed by atoms with E-state index in [1.165, 1.54) is 0 Å². The summed E-state index contributed by atoms with van der Waals surface area (Å²) < 4.78 is 0. The minimum Gasteiger partial charge on any atom is -0.350 e. The fourth-order valence-electron chi connectivity index (χ4n) is 3.96. The van der Waals surface area contributed by atoms with Crippen LogP contribution in [0, 0.1) is 5.92 Å². The van der Waals surface area contributed by atoms with Crippen LogP contribution in [0.25, 0.3) is 0 Å². The zero-order valence-corrected chi connectivity index (χ0v) is 15.6. The van der Waals surface area contributed by atoms with Gasteiger partial charge in [-0.3, -0.25) is 9.59 Å². The van der Waals surface area contributed by atoms with Crippen LogP contribution in [0.2, 0.25) is 5.02 Å². The van der Waals surface area contributed by atoms with Gasteiger partial charge in [0.15, 0.2) is 0 Å². The highest BCUT2D eigenvalue weighted by Gasteiger charge is 2.51. The first-order valence-electron chi connectivity index (χ1n) is 9.19. The Morgan fingerprint density at radius 3 is 2.67 bits per heavy atom. The average Bonchev–Trinajstić information content (AvgIpc) is 2.70. The molecule has 1 aliphatic heterocycles. The van der Waals surface area contributed by atoms with Gasteiger partial charge in [-0.15, -0.1) is 0 Å². The molecule has 0 bridgehead atoms. The zero-order valence-electron chi connectivity index (χ0n) is 14.8. The van der Waals surface area contributed by atoms with Crippen LogP contribution in [0.5, 0.6) is 0 Å². The summed E-state index contributed by atoms with van der Waals surface area (Å²) in [6.45, 7) is 0.423. The molecule has 1 fully saturated rings. The predicted molar refractivity (Wildman–Crippen MR) is 105 cm³/mol. The van der Waals surface area contributed by atoms with Gasteiger partial charge in [0, 0.05) is 17.6 Å². The van der Waals surface area contributed by atoms with E-state index in [1.54, 1.807) is 17.0 Å². The quantitative estimate of drug-likeness (QED) is 0.632. The Labute approximate surface area is 163 Å². The molecule has 5 heteroatoms. The van der Waals surface area contributed by atoms with Crippen molar-refractivity contribution in [1.82, 2.24) is 10.2 Å². The van der Waals surface area contributed by atoms with Gasteiger partial charge < -0.3 is 10.2 Å². The van der Waals surface area contributed by atoms with Gasteiger partial charge in [0.1, 0.15) is 6.04 Å². The first kappa shape index (κ1) is 17.8. The second-order valence-corrected chi connectivity index (χ2v) is 7.46. The van der Waals surface area contributed by atoms with Gasteiger partial charge in [-0.1, -0.05) is 66.2 Å². The van der Waals surface area contributed by atoms with E-state index in [1.807, 2.05) is 42.5 Å². The molecule has 0 aromatic heterocycles. The van der Waals surface area contributed by atoms with Crippen molar-refractivity contribution in [3.8, 4) is 0 Å². The number of β-lactam (4-membered cyclic amide) rings is 1.